The molecule has 0 fully saturated rings. The average molecular weight is 461 g/mol. The first kappa shape index (κ1) is 23.9. The normalized spacial score (nSPS) is 20.6. The van der Waals surface area contributed by atoms with E-state index in [4.69, 9.17) is 9.47 Å². The van der Waals surface area contributed by atoms with Gasteiger partial charge in [-0.15, -0.1) is 0 Å². The number of rotatable bonds is 10. The Morgan fingerprint density at radius 3 is 2.47 bits per heavy atom. The molecule has 9 heteroatoms. The lowest BCUT2D eigenvalue weighted by Crippen LogP contribution is -2.49. The number of hydrogen-bond donors (Lipinski definition) is 3. The van der Waals surface area contributed by atoms with E-state index in [1.165, 1.54) is 19.2 Å². The molecule has 1 heterocycles. The Balaban J connectivity index is 1.53. The molecule has 1 amide bonds. The lowest BCUT2D eigenvalue weighted by Gasteiger charge is -2.31. The molecule has 2 aromatic rings. The Morgan fingerprint density at radius 1 is 1.09 bits per heavy atom. The highest BCUT2D eigenvalue weighted by Gasteiger charge is 2.31. The number of aliphatic hydroxyl groups excluding tert-OH is 1. The van der Waals surface area contributed by atoms with Gasteiger partial charge in [-0.3, -0.25) is 4.79 Å². The SMILES string of the molecule is COc1ccc(S(=O)(=O)N[C@@H]2C=C[C@@H](CC(=O)NCCc3ccccc3)O[C@H]2CO)cc1. The molecule has 3 rings (SSSR count). The van der Waals surface area contributed by atoms with Crippen LogP contribution in [0.1, 0.15) is 12.0 Å². The van der Waals surface area contributed by atoms with Crippen molar-refractivity contribution in [3.8, 4) is 5.75 Å². The van der Waals surface area contributed by atoms with Crippen molar-refractivity contribution in [2.45, 2.75) is 36.0 Å². The molecule has 0 aromatic heterocycles. The van der Waals surface area contributed by atoms with Gasteiger partial charge in [0.1, 0.15) is 11.9 Å². The number of sulfonamides is 1. The van der Waals surface area contributed by atoms with Crippen LogP contribution >= 0.6 is 0 Å². The Hall–Kier alpha value is -2.72. The Kier molecular flexibility index (Phi) is 8.40. The standard InChI is InChI=1S/C23H28N2O6S/c1-30-18-7-10-20(11-8-18)32(28,29)25-21-12-9-19(31-22(21)16-26)15-23(27)24-14-13-17-5-3-2-4-6-17/h2-12,19,21-22,25-26H,13-16H2,1H3,(H,24,27)/t19-,21+,22-/m0/s1. The second-order valence-corrected chi connectivity index (χ2v) is 9.11. The average Bonchev–Trinajstić information content (AvgIpc) is 2.80. The molecule has 1 aliphatic heterocycles. The van der Waals surface area contributed by atoms with Gasteiger partial charge in [-0.2, -0.15) is 0 Å². The van der Waals surface area contributed by atoms with Crippen LogP contribution in [0.5, 0.6) is 5.75 Å². The summed E-state index contributed by atoms with van der Waals surface area (Å²) in [6, 6.07) is 15.1. The molecule has 1 aliphatic rings. The fourth-order valence-corrected chi connectivity index (χ4v) is 4.58. The molecule has 0 saturated heterocycles. The van der Waals surface area contributed by atoms with Crippen LogP contribution in [0, 0.1) is 0 Å². The highest BCUT2D eigenvalue weighted by atomic mass is 32.2. The summed E-state index contributed by atoms with van der Waals surface area (Å²) < 4.78 is 38.7. The van der Waals surface area contributed by atoms with Gasteiger partial charge in [0.2, 0.25) is 15.9 Å². The summed E-state index contributed by atoms with van der Waals surface area (Å²) in [7, 11) is -2.34. The molecule has 172 valence electrons. The van der Waals surface area contributed by atoms with Gasteiger partial charge in [-0.05, 0) is 36.2 Å². The predicted molar refractivity (Wildman–Crippen MR) is 120 cm³/mol. The van der Waals surface area contributed by atoms with Crippen LogP contribution in [0.25, 0.3) is 0 Å². The van der Waals surface area contributed by atoms with E-state index in [1.807, 2.05) is 30.3 Å². The largest absolute Gasteiger partial charge is 0.497 e. The van der Waals surface area contributed by atoms with Crippen molar-refractivity contribution < 1.29 is 27.8 Å². The highest BCUT2D eigenvalue weighted by Crippen LogP contribution is 2.20. The van der Waals surface area contributed by atoms with Crippen LogP contribution < -0.4 is 14.8 Å². The van der Waals surface area contributed by atoms with E-state index in [9.17, 15) is 18.3 Å². The second kappa shape index (κ2) is 11.2. The summed E-state index contributed by atoms with van der Waals surface area (Å²) in [6.07, 6.45) is 2.71. The van der Waals surface area contributed by atoms with E-state index >= 15 is 0 Å². The summed E-state index contributed by atoms with van der Waals surface area (Å²) >= 11 is 0. The van der Waals surface area contributed by atoms with Crippen LogP contribution in [0.2, 0.25) is 0 Å². The topological polar surface area (TPSA) is 114 Å². The van der Waals surface area contributed by atoms with Gasteiger partial charge in [-0.1, -0.05) is 42.5 Å². The van der Waals surface area contributed by atoms with E-state index in [0.717, 1.165) is 12.0 Å². The number of amides is 1. The third-order valence-electron chi connectivity index (χ3n) is 5.09. The summed E-state index contributed by atoms with van der Waals surface area (Å²) in [6.45, 7) is 0.110. The van der Waals surface area contributed by atoms with Crippen molar-refractivity contribution in [1.29, 1.82) is 0 Å². The maximum absolute atomic E-state index is 12.7. The van der Waals surface area contributed by atoms with Gasteiger partial charge >= 0.3 is 0 Å². The van der Waals surface area contributed by atoms with E-state index in [-0.39, 0.29) is 17.2 Å². The number of carbonyl (C=O) groups excluding carboxylic acids is 1. The molecule has 32 heavy (non-hydrogen) atoms. The van der Waals surface area contributed by atoms with Gasteiger partial charge in [0.15, 0.2) is 0 Å². The molecule has 2 aromatic carbocycles. The lowest BCUT2D eigenvalue weighted by atomic mass is 10.1. The maximum Gasteiger partial charge on any atom is 0.241 e. The zero-order valence-corrected chi connectivity index (χ0v) is 18.6. The fourth-order valence-electron chi connectivity index (χ4n) is 3.36. The van der Waals surface area contributed by atoms with Crippen molar-refractivity contribution in [3.63, 3.8) is 0 Å². The second-order valence-electron chi connectivity index (χ2n) is 7.39. The van der Waals surface area contributed by atoms with Crippen LogP contribution in [0.15, 0.2) is 71.6 Å². The monoisotopic (exact) mass is 460 g/mol. The number of nitrogens with one attached hydrogen (secondary N) is 2. The zero-order chi connectivity index (χ0) is 23.0. The van der Waals surface area contributed by atoms with E-state index in [0.29, 0.717) is 12.3 Å². The summed E-state index contributed by atoms with van der Waals surface area (Å²) in [5.74, 6) is 0.368. The van der Waals surface area contributed by atoms with Gasteiger partial charge in [-0.25, -0.2) is 13.1 Å². The Labute approximate surface area is 188 Å². The molecular formula is C23H28N2O6S. The summed E-state index contributed by atoms with van der Waals surface area (Å²) in [4.78, 5) is 12.3. The molecule has 8 nitrogen and oxygen atoms in total. The van der Waals surface area contributed by atoms with Gasteiger partial charge in [0.25, 0.3) is 0 Å². The summed E-state index contributed by atoms with van der Waals surface area (Å²) in [5.41, 5.74) is 1.13. The molecule has 3 atom stereocenters. The van der Waals surface area contributed by atoms with Crippen molar-refractivity contribution in [1.82, 2.24) is 10.0 Å². The van der Waals surface area contributed by atoms with Crippen molar-refractivity contribution >= 4 is 15.9 Å². The minimum absolute atomic E-state index is 0.0725. The fraction of sp³-hybridized carbons (Fsp3) is 0.348. The number of carbonyl (C=O) groups is 1. The van der Waals surface area contributed by atoms with Crippen LogP contribution in [0.3, 0.4) is 0 Å². The van der Waals surface area contributed by atoms with Crippen molar-refractivity contribution in [2.75, 3.05) is 20.3 Å². The first-order valence-electron chi connectivity index (χ1n) is 10.3. The predicted octanol–water partition coefficient (Wildman–Crippen LogP) is 1.41. The van der Waals surface area contributed by atoms with Crippen LogP contribution in [0.4, 0.5) is 0 Å². The molecule has 0 spiro atoms. The van der Waals surface area contributed by atoms with E-state index in [2.05, 4.69) is 10.0 Å². The number of benzene rings is 2. The lowest BCUT2D eigenvalue weighted by molar-refractivity contribution is -0.125. The molecule has 0 saturated carbocycles. The first-order valence-corrected chi connectivity index (χ1v) is 11.8. The first-order chi connectivity index (χ1) is 15.4. The third kappa shape index (κ3) is 6.64. The number of aliphatic hydroxyl groups is 1. The minimum atomic E-state index is -3.83. The van der Waals surface area contributed by atoms with Gasteiger partial charge in [0, 0.05) is 6.54 Å². The van der Waals surface area contributed by atoms with E-state index < -0.39 is 34.9 Å². The third-order valence-corrected chi connectivity index (χ3v) is 6.56. The molecule has 0 aliphatic carbocycles. The molecular weight excluding hydrogens is 432 g/mol. The Bertz CT molecular complexity index is 1010. The highest BCUT2D eigenvalue weighted by molar-refractivity contribution is 7.89. The van der Waals surface area contributed by atoms with Gasteiger partial charge < -0.3 is 19.9 Å². The number of methoxy groups -OCH3 is 1. The molecule has 3 N–H and O–H groups in total. The molecule has 0 bridgehead atoms. The molecule has 0 radical (unpaired) electrons. The van der Waals surface area contributed by atoms with E-state index in [1.54, 1.807) is 24.3 Å². The maximum atomic E-state index is 12.7. The molecule has 0 unspecified atom stereocenters. The van der Waals surface area contributed by atoms with Crippen LogP contribution in [-0.4, -0.2) is 57.9 Å². The van der Waals surface area contributed by atoms with Crippen molar-refractivity contribution in [3.05, 3.63) is 72.3 Å². The van der Waals surface area contributed by atoms with Crippen LogP contribution in [-0.2, 0) is 26.0 Å². The number of hydrogen-bond acceptors (Lipinski definition) is 6. The quantitative estimate of drug-likeness (QED) is 0.462. The smallest absolute Gasteiger partial charge is 0.241 e. The zero-order valence-electron chi connectivity index (χ0n) is 17.8. The van der Waals surface area contributed by atoms with Crippen molar-refractivity contribution in [2.24, 2.45) is 0 Å². The van der Waals surface area contributed by atoms with Gasteiger partial charge in [0.05, 0.1) is 37.2 Å². The Morgan fingerprint density at radius 2 is 1.81 bits per heavy atom. The summed E-state index contributed by atoms with van der Waals surface area (Å²) in [5, 5.41) is 12.6. The minimum Gasteiger partial charge on any atom is -0.497 e. The number of ether oxygens (including phenoxy) is 2.